The number of aromatic nitrogens is 2. The molecule has 2 fully saturated rings. The first-order chi connectivity index (χ1) is 10.2. The summed E-state index contributed by atoms with van der Waals surface area (Å²) in [6, 6.07) is 2.20. The van der Waals surface area contributed by atoms with Gasteiger partial charge in [0.1, 0.15) is 18.0 Å². The highest BCUT2D eigenvalue weighted by Crippen LogP contribution is 2.25. The van der Waals surface area contributed by atoms with Crippen LogP contribution in [0.3, 0.4) is 0 Å². The van der Waals surface area contributed by atoms with Crippen LogP contribution in [0.1, 0.15) is 46.0 Å². The summed E-state index contributed by atoms with van der Waals surface area (Å²) in [5, 5.41) is 0. The van der Waals surface area contributed by atoms with Crippen LogP contribution < -0.4 is 9.80 Å². The molecule has 0 N–H and O–H groups in total. The van der Waals surface area contributed by atoms with Crippen LogP contribution in [0.25, 0.3) is 0 Å². The van der Waals surface area contributed by atoms with Crippen molar-refractivity contribution in [3.8, 4) is 0 Å². The number of hydrogen-bond donors (Lipinski definition) is 0. The van der Waals surface area contributed by atoms with Gasteiger partial charge in [0.15, 0.2) is 0 Å². The van der Waals surface area contributed by atoms with E-state index < -0.39 is 0 Å². The summed E-state index contributed by atoms with van der Waals surface area (Å²) in [5.41, 5.74) is 0. The van der Waals surface area contributed by atoms with E-state index in [1.165, 1.54) is 32.1 Å². The quantitative estimate of drug-likeness (QED) is 0.835. The van der Waals surface area contributed by atoms with E-state index in [0.717, 1.165) is 49.7 Å². The molecule has 1 aromatic rings. The molecule has 2 atom stereocenters. The molecule has 0 spiro atoms. The molecule has 0 saturated carbocycles. The molecule has 2 unspecified atom stereocenters. The van der Waals surface area contributed by atoms with E-state index in [-0.39, 0.29) is 0 Å². The standard InChI is InChI=1S/C17H28N4/c1-14-5-3-8-20(10-7-14)16-11-17(19-13-18-16)21-9-4-6-15(2)12-21/h11,13-15H,3-10,12H2,1-2H3. The molecule has 3 rings (SSSR count). The summed E-state index contributed by atoms with van der Waals surface area (Å²) in [7, 11) is 0. The predicted octanol–water partition coefficient (Wildman–Crippen LogP) is 3.34. The zero-order valence-electron chi connectivity index (χ0n) is 13.5. The maximum absolute atomic E-state index is 4.53. The van der Waals surface area contributed by atoms with E-state index in [9.17, 15) is 0 Å². The van der Waals surface area contributed by atoms with Gasteiger partial charge in [-0.3, -0.25) is 0 Å². The van der Waals surface area contributed by atoms with Gasteiger partial charge in [-0.25, -0.2) is 9.97 Å². The second-order valence-corrected chi connectivity index (χ2v) is 6.95. The van der Waals surface area contributed by atoms with E-state index in [1.807, 2.05) is 0 Å². The zero-order valence-corrected chi connectivity index (χ0v) is 13.5. The highest BCUT2D eigenvalue weighted by atomic mass is 15.2. The largest absolute Gasteiger partial charge is 0.356 e. The molecular weight excluding hydrogens is 260 g/mol. The van der Waals surface area contributed by atoms with E-state index >= 15 is 0 Å². The molecule has 2 aliphatic heterocycles. The summed E-state index contributed by atoms with van der Waals surface area (Å²) in [4.78, 5) is 13.9. The van der Waals surface area contributed by atoms with Crippen molar-refractivity contribution in [1.29, 1.82) is 0 Å². The van der Waals surface area contributed by atoms with Crippen molar-refractivity contribution in [3.05, 3.63) is 12.4 Å². The van der Waals surface area contributed by atoms with Gasteiger partial charge in [0, 0.05) is 32.2 Å². The third-order valence-corrected chi connectivity index (χ3v) is 4.96. The molecule has 0 aromatic carbocycles. The molecule has 116 valence electrons. The Labute approximate surface area is 128 Å². The zero-order chi connectivity index (χ0) is 14.7. The van der Waals surface area contributed by atoms with Gasteiger partial charge in [0.25, 0.3) is 0 Å². The summed E-state index contributed by atoms with van der Waals surface area (Å²) < 4.78 is 0. The second kappa shape index (κ2) is 6.63. The van der Waals surface area contributed by atoms with Crippen LogP contribution in [0.4, 0.5) is 11.6 Å². The van der Waals surface area contributed by atoms with Gasteiger partial charge in [-0.05, 0) is 43.9 Å². The highest BCUT2D eigenvalue weighted by molar-refractivity contribution is 5.50. The van der Waals surface area contributed by atoms with E-state index in [4.69, 9.17) is 0 Å². The summed E-state index contributed by atoms with van der Waals surface area (Å²) in [5.74, 6) is 3.85. The lowest BCUT2D eigenvalue weighted by Crippen LogP contribution is -2.35. The normalized spacial score (nSPS) is 27.5. The van der Waals surface area contributed by atoms with Gasteiger partial charge in [-0.15, -0.1) is 0 Å². The second-order valence-electron chi connectivity index (χ2n) is 6.95. The van der Waals surface area contributed by atoms with E-state index in [2.05, 4.69) is 39.7 Å². The Kier molecular flexibility index (Phi) is 4.61. The Morgan fingerprint density at radius 2 is 1.52 bits per heavy atom. The molecule has 3 heterocycles. The fourth-order valence-electron chi connectivity index (χ4n) is 3.57. The van der Waals surface area contributed by atoms with Crippen LogP contribution in [0.5, 0.6) is 0 Å². The fourth-order valence-corrected chi connectivity index (χ4v) is 3.57. The van der Waals surface area contributed by atoms with Gasteiger partial charge in [-0.1, -0.05) is 13.8 Å². The Morgan fingerprint density at radius 3 is 2.33 bits per heavy atom. The van der Waals surface area contributed by atoms with Gasteiger partial charge in [-0.2, -0.15) is 0 Å². The molecule has 4 nitrogen and oxygen atoms in total. The summed E-state index contributed by atoms with van der Waals surface area (Å²) in [6.07, 6.45) is 8.28. The van der Waals surface area contributed by atoms with Crippen LogP contribution in [-0.2, 0) is 0 Å². The number of anilines is 2. The van der Waals surface area contributed by atoms with Crippen molar-refractivity contribution in [2.75, 3.05) is 36.0 Å². The third kappa shape index (κ3) is 3.66. The van der Waals surface area contributed by atoms with Crippen LogP contribution in [0.2, 0.25) is 0 Å². The molecule has 0 bridgehead atoms. The molecule has 0 amide bonds. The average molecular weight is 288 g/mol. The molecule has 21 heavy (non-hydrogen) atoms. The third-order valence-electron chi connectivity index (χ3n) is 4.96. The molecule has 2 aliphatic rings. The summed E-state index contributed by atoms with van der Waals surface area (Å²) >= 11 is 0. The lowest BCUT2D eigenvalue weighted by Gasteiger charge is -2.32. The van der Waals surface area contributed by atoms with Crippen molar-refractivity contribution >= 4 is 11.6 Å². The van der Waals surface area contributed by atoms with Crippen molar-refractivity contribution in [1.82, 2.24) is 9.97 Å². The van der Waals surface area contributed by atoms with Crippen molar-refractivity contribution in [2.45, 2.75) is 46.0 Å². The average Bonchev–Trinajstić information content (AvgIpc) is 2.72. The predicted molar refractivity (Wildman–Crippen MR) is 87.9 cm³/mol. The Balaban J connectivity index is 1.73. The number of nitrogens with zero attached hydrogens (tertiary/aromatic N) is 4. The maximum Gasteiger partial charge on any atom is 0.134 e. The first kappa shape index (κ1) is 14.6. The number of rotatable bonds is 2. The molecule has 4 heteroatoms. The number of piperidine rings is 1. The molecule has 2 saturated heterocycles. The molecular formula is C17H28N4. The van der Waals surface area contributed by atoms with Gasteiger partial charge < -0.3 is 9.80 Å². The van der Waals surface area contributed by atoms with Crippen molar-refractivity contribution < 1.29 is 0 Å². The van der Waals surface area contributed by atoms with Gasteiger partial charge in [0.2, 0.25) is 0 Å². The highest BCUT2D eigenvalue weighted by Gasteiger charge is 2.20. The van der Waals surface area contributed by atoms with Crippen molar-refractivity contribution in [3.63, 3.8) is 0 Å². The maximum atomic E-state index is 4.53. The topological polar surface area (TPSA) is 32.3 Å². The van der Waals surface area contributed by atoms with Gasteiger partial charge in [0.05, 0.1) is 0 Å². The monoisotopic (exact) mass is 288 g/mol. The van der Waals surface area contributed by atoms with Crippen molar-refractivity contribution in [2.24, 2.45) is 11.8 Å². The SMILES string of the molecule is CC1CCCN(c2cc(N3CCCC(C)C3)ncn2)CC1. The first-order valence-electron chi connectivity index (χ1n) is 8.54. The minimum Gasteiger partial charge on any atom is -0.356 e. The number of hydrogen-bond acceptors (Lipinski definition) is 4. The van der Waals surface area contributed by atoms with Crippen LogP contribution in [0, 0.1) is 11.8 Å². The van der Waals surface area contributed by atoms with Crippen LogP contribution in [0.15, 0.2) is 12.4 Å². The Morgan fingerprint density at radius 1 is 0.857 bits per heavy atom. The smallest absolute Gasteiger partial charge is 0.134 e. The Bertz CT molecular complexity index is 462. The minimum absolute atomic E-state index is 0.774. The lowest BCUT2D eigenvalue weighted by atomic mass is 10.0. The molecule has 0 radical (unpaired) electrons. The van der Waals surface area contributed by atoms with Crippen LogP contribution in [-0.4, -0.2) is 36.1 Å². The summed E-state index contributed by atoms with van der Waals surface area (Å²) in [6.45, 7) is 9.24. The lowest BCUT2D eigenvalue weighted by molar-refractivity contribution is 0.444. The van der Waals surface area contributed by atoms with Gasteiger partial charge >= 0.3 is 0 Å². The van der Waals surface area contributed by atoms with E-state index in [1.54, 1.807) is 6.33 Å². The first-order valence-corrected chi connectivity index (χ1v) is 8.54. The Hall–Kier alpha value is -1.32. The fraction of sp³-hybridized carbons (Fsp3) is 0.765. The van der Waals surface area contributed by atoms with Crippen LogP contribution >= 0.6 is 0 Å². The molecule has 1 aromatic heterocycles. The molecule has 0 aliphatic carbocycles. The van der Waals surface area contributed by atoms with E-state index in [0.29, 0.717) is 0 Å². The minimum atomic E-state index is 0.774.